The summed E-state index contributed by atoms with van der Waals surface area (Å²) in [5, 5.41) is 13.5. The van der Waals surface area contributed by atoms with Crippen LogP contribution in [0.25, 0.3) is 10.9 Å². The predicted molar refractivity (Wildman–Crippen MR) is 142 cm³/mol. The quantitative estimate of drug-likeness (QED) is 0.369. The summed E-state index contributed by atoms with van der Waals surface area (Å²) >= 11 is 0. The monoisotopic (exact) mass is 513 g/mol. The highest BCUT2D eigenvalue weighted by Gasteiger charge is 2.33. The molecule has 1 unspecified atom stereocenters. The summed E-state index contributed by atoms with van der Waals surface area (Å²) in [5.74, 6) is 1.02. The first-order valence-electron chi connectivity index (χ1n) is 12.6. The molecule has 0 saturated carbocycles. The van der Waals surface area contributed by atoms with Crippen LogP contribution in [0.2, 0.25) is 0 Å². The van der Waals surface area contributed by atoms with Crippen LogP contribution in [-0.2, 0) is 6.54 Å². The highest BCUT2D eigenvalue weighted by molar-refractivity contribution is 5.83. The van der Waals surface area contributed by atoms with Crippen LogP contribution in [0.5, 0.6) is 0 Å². The maximum atomic E-state index is 14.5. The summed E-state index contributed by atoms with van der Waals surface area (Å²) in [6.45, 7) is 6.76. The van der Waals surface area contributed by atoms with Crippen LogP contribution in [0, 0.1) is 19.7 Å². The van der Waals surface area contributed by atoms with Crippen molar-refractivity contribution in [3.05, 3.63) is 105 Å². The molecule has 4 heterocycles. The first-order valence-corrected chi connectivity index (χ1v) is 12.6. The number of hydrogen-bond acceptors (Lipinski definition) is 7. The van der Waals surface area contributed by atoms with Gasteiger partial charge in [0.2, 0.25) is 0 Å². The Hall–Kier alpha value is -4.31. The zero-order valence-electron chi connectivity index (χ0n) is 21.3. The topological polar surface area (TPSA) is 96.1 Å². The van der Waals surface area contributed by atoms with Crippen molar-refractivity contribution in [1.82, 2.24) is 30.1 Å². The first-order chi connectivity index (χ1) is 18.5. The van der Waals surface area contributed by atoms with Crippen molar-refractivity contribution in [2.24, 2.45) is 0 Å². The molecule has 0 spiro atoms. The molecule has 1 aliphatic heterocycles. The van der Waals surface area contributed by atoms with Gasteiger partial charge in [0.1, 0.15) is 24.2 Å². The summed E-state index contributed by atoms with van der Waals surface area (Å²) < 4.78 is 21.7. The van der Waals surface area contributed by atoms with E-state index >= 15 is 0 Å². The summed E-state index contributed by atoms with van der Waals surface area (Å²) in [6.07, 6.45) is 1.61. The van der Waals surface area contributed by atoms with Gasteiger partial charge in [-0.25, -0.2) is 9.07 Å². The Kier molecular flexibility index (Phi) is 6.24. The summed E-state index contributed by atoms with van der Waals surface area (Å²) in [5.41, 5.74) is 3.92. The van der Waals surface area contributed by atoms with E-state index in [1.54, 1.807) is 23.1 Å². The average Bonchev–Trinajstić information content (AvgIpc) is 3.59. The molecule has 3 aromatic heterocycles. The second kappa shape index (κ2) is 9.86. The van der Waals surface area contributed by atoms with Crippen molar-refractivity contribution >= 4 is 16.6 Å². The van der Waals surface area contributed by atoms with E-state index in [-0.39, 0.29) is 11.4 Å². The minimum atomic E-state index is -0.503. The molecule has 1 N–H and O–H groups in total. The van der Waals surface area contributed by atoms with E-state index in [1.165, 1.54) is 6.07 Å². The van der Waals surface area contributed by atoms with Crippen molar-refractivity contribution in [2.45, 2.75) is 26.4 Å². The molecule has 6 rings (SSSR count). The van der Waals surface area contributed by atoms with E-state index in [0.717, 1.165) is 22.0 Å². The molecule has 38 heavy (non-hydrogen) atoms. The number of aromatic amines is 1. The number of anilines is 1. The summed E-state index contributed by atoms with van der Waals surface area (Å²) in [4.78, 5) is 20.9. The number of rotatable bonds is 6. The van der Waals surface area contributed by atoms with Gasteiger partial charge in [-0.2, -0.15) is 0 Å². The number of nitrogens with zero attached hydrogens (tertiary/aromatic N) is 6. The molecular formula is C28H28FN7O2. The van der Waals surface area contributed by atoms with E-state index in [2.05, 4.69) is 37.5 Å². The normalized spacial score (nSPS) is 15.3. The Labute approximate surface area is 218 Å². The maximum absolute atomic E-state index is 14.5. The van der Waals surface area contributed by atoms with Gasteiger partial charge in [0.25, 0.3) is 5.56 Å². The minimum absolute atomic E-state index is 0.182. The number of nitrogens with one attached hydrogen (secondary N) is 1. The van der Waals surface area contributed by atoms with E-state index in [0.29, 0.717) is 55.6 Å². The molecule has 0 radical (unpaired) electrons. The molecule has 0 amide bonds. The Bertz CT molecular complexity index is 1640. The highest BCUT2D eigenvalue weighted by atomic mass is 19.1. The van der Waals surface area contributed by atoms with E-state index in [4.69, 9.17) is 4.42 Å². The number of piperazine rings is 1. The lowest BCUT2D eigenvalue weighted by Crippen LogP contribution is -2.49. The zero-order chi connectivity index (χ0) is 26.2. The van der Waals surface area contributed by atoms with Crippen LogP contribution in [0.4, 0.5) is 10.1 Å². The fourth-order valence-electron chi connectivity index (χ4n) is 5.41. The van der Waals surface area contributed by atoms with Gasteiger partial charge in [-0.1, -0.05) is 23.8 Å². The van der Waals surface area contributed by atoms with Crippen molar-refractivity contribution < 1.29 is 8.81 Å². The van der Waals surface area contributed by atoms with Crippen molar-refractivity contribution in [1.29, 1.82) is 0 Å². The lowest BCUT2D eigenvalue weighted by atomic mass is 10.00. The number of benzene rings is 2. The van der Waals surface area contributed by atoms with Gasteiger partial charge in [0.15, 0.2) is 5.82 Å². The lowest BCUT2D eigenvalue weighted by Gasteiger charge is -2.39. The number of furan rings is 1. The number of hydrogen-bond donors (Lipinski definition) is 1. The van der Waals surface area contributed by atoms with E-state index in [9.17, 15) is 9.18 Å². The number of tetrazole rings is 1. The fraction of sp³-hybridized carbons (Fsp3) is 0.286. The second-order valence-electron chi connectivity index (χ2n) is 9.75. The van der Waals surface area contributed by atoms with Crippen LogP contribution >= 0.6 is 0 Å². The number of aromatic nitrogens is 5. The molecule has 9 nitrogen and oxygen atoms in total. The molecule has 1 fully saturated rings. The number of H-pyrrole nitrogens is 1. The van der Waals surface area contributed by atoms with Gasteiger partial charge >= 0.3 is 0 Å². The van der Waals surface area contributed by atoms with E-state index < -0.39 is 6.04 Å². The number of pyridine rings is 1. The molecule has 0 bridgehead atoms. The van der Waals surface area contributed by atoms with Gasteiger partial charge in [-0.05, 0) is 71.6 Å². The fourth-order valence-corrected chi connectivity index (χ4v) is 5.41. The number of fused-ring (bicyclic) bond motifs is 1. The van der Waals surface area contributed by atoms with Gasteiger partial charge < -0.3 is 14.3 Å². The third-order valence-corrected chi connectivity index (χ3v) is 7.18. The molecule has 1 saturated heterocycles. The molecule has 0 aliphatic carbocycles. The molecule has 2 aromatic carbocycles. The first kappa shape index (κ1) is 24.1. The smallest absolute Gasteiger partial charge is 0.253 e. The Morgan fingerprint density at radius 1 is 1.05 bits per heavy atom. The Morgan fingerprint density at radius 2 is 1.87 bits per heavy atom. The Morgan fingerprint density at radius 3 is 2.63 bits per heavy atom. The molecule has 1 atom stereocenters. The Balaban J connectivity index is 1.41. The second-order valence-corrected chi connectivity index (χ2v) is 9.75. The van der Waals surface area contributed by atoms with Gasteiger partial charge in [-0.3, -0.25) is 9.69 Å². The van der Waals surface area contributed by atoms with Gasteiger partial charge in [0.05, 0.1) is 17.5 Å². The largest absolute Gasteiger partial charge is 0.467 e. The standard InChI is InChI=1S/C28H28FN7O2/c1-18-14-19(2)25-20(15-18)16-22(28(37)30-25)26(27-31-32-33-36(27)17-21-6-5-13-38-21)35-11-9-34(10-12-35)24-8-4-3-7-23(24)29/h3-8,13-16,26H,9-12,17H2,1-2H3,(H,30,37). The van der Waals surface area contributed by atoms with Crippen LogP contribution in [0.15, 0.2) is 70.1 Å². The number of aryl methyl sites for hydroxylation is 2. The van der Waals surface area contributed by atoms with Crippen molar-refractivity contribution in [2.75, 3.05) is 31.1 Å². The molecule has 5 aromatic rings. The minimum Gasteiger partial charge on any atom is -0.467 e. The van der Waals surface area contributed by atoms with Crippen molar-refractivity contribution in [3.63, 3.8) is 0 Å². The lowest BCUT2D eigenvalue weighted by molar-refractivity contribution is 0.199. The molecular weight excluding hydrogens is 485 g/mol. The van der Waals surface area contributed by atoms with Crippen LogP contribution in [-0.4, -0.2) is 56.3 Å². The summed E-state index contributed by atoms with van der Waals surface area (Å²) in [6, 6.07) is 16.1. The van der Waals surface area contributed by atoms with Crippen LogP contribution in [0.1, 0.15) is 34.3 Å². The van der Waals surface area contributed by atoms with Crippen molar-refractivity contribution in [3.8, 4) is 0 Å². The van der Waals surface area contributed by atoms with E-state index in [1.807, 2.05) is 43.0 Å². The SMILES string of the molecule is Cc1cc(C)c2[nH]c(=O)c(C(c3nnnn3Cc3ccco3)N3CCN(c4ccccc4F)CC3)cc2c1. The molecule has 10 heteroatoms. The summed E-state index contributed by atoms with van der Waals surface area (Å²) in [7, 11) is 0. The zero-order valence-corrected chi connectivity index (χ0v) is 21.3. The van der Waals surface area contributed by atoms with Crippen LogP contribution in [0.3, 0.4) is 0 Å². The number of halogens is 1. The predicted octanol–water partition coefficient (Wildman–Crippen LogP) is 3.82. The maximum Gasteiger partial charge on any atom is 0.253 e. The highest BCUT2D eigenvalue weighted by Crippen LogP contribution is 2.30. The molecule has 1 aliphatic rings. The van der Waals surface area contributed by atoms with Crippen LogP contribution < -0.4 is 10.5 Å². The molecule has 194 valence electrons. The average molecular weight is 514 g/mol. The third kappa shape index (κ3) is 4.47. The number of para-hydroxylation sites is 1. The van der Waals surface area contributed by atoms with Gasteiger partial charge in [0, 0.05) is 31.7 Å². The van der Waals surface area contributed by atoms with Gasteiger partial charge in [-0.15, -0.1) is 5.10 Å². The third-order valence-electron chi connectivity index (χ3n) is 7.18.